The molecule has 1 aromatic heterocycles. The maximum atomic E-state index is 5.96. The highest BCUT2D eigenvalue weighted by Gasteiger charge is 2.36. The van der Waals surface area contributed by atoms with Gasteiger partial charge in [-0.2, -0.15) is 0 Å². The average molecular weight is 218 g/mol. The summed E-state index contributed by atoms with van der Waals surface area (Å²) < 4.78 is 0. The highest BCUT2D eigenvalue weighted by atomic mass is 15.2. The van der Waals surface area contributed by atoms with Crippen molar-refractivity contribution in [1.82, 2.24) is 9.97 Å². The molecule has 1 saturated carbocycles. The molecule has 3 rings (SSSR count). The van der Waals surface area contributed by atoms with Crippen LogP contribution >= 0.6 is 0 Å². The fraction of sp³-hybridized carbons (Fsp3) is 0.667. The van der Waals surface area contributed by atoms with Gasteiger partial charge in [0.25, 0.3) is 0 Å². The molecule has 2 atom stereocenters. The van der Waals surface area contributed by atoms with Crippen molar-refractivity contribution in [2.45, 2.75) is 38.1 Å². The fourth-order valence-corrected chi connectivity index (χ4v) is 3.24. The zero-order valence-corrected chi connectivity index (χ0v) is 9.47. The maximum Gasteiger partial charge on any atom is 0.155 e. The van der Waals surface area contributed by atoms with E-state index < -0.39 is 0 Å². The summed E-state index contributed by atoms with van der Waals surface area (Å²) in [5.41, 5.74) is 6.67. The Bertz CT molecular complexity index is 379. The van der Waals surface area contributed by atoms with E-state index >= 15 is 0 Å². The topological polar surface area (TPSA) is 55.0 Å². The first-order valence-corrected chi connectivity index (χ1v) is 6.18. The van der Waals surface area contributed by atoms with Gasteiger partial charge >= 0.3 is 0 Å². The molecule has 2 aliphatic rings. The number of hydrogen-bond donors (Lipinski definition) is 1. The molecule has 16 heavy (non-hydrogen) atoms. The average Bonchev–Trinajstić information content (AvgIpc) is 2.74. The van der Waals surface area contributed by atoms with Crippen LogP contribution in [0.1, 0.15) is 32.1 Å². The minimum Gasteiger partial charge on any atom is -0.394 e. The highest BCUT2D eigenvalue weighted by molar-refractivity contribution is 5.62. The van der Waals surface area contributed by atoms with Gasteiger partial charge in [-0.25, -0.2) is 9.97 Å². The van der Waals surface area contributed by atoms with E-state index in [2.05, 4.69) is 14.9 Å². The Morgan fingerprint density at radius 3 is 3.00 bits per heavy atom. The predicted molar refractivity (Wildman–Crippen MR) is 64.2 cm³/mol. The summed E-state index contributed by atoms with van der Waals surface area (Å²) >= 11 is 0. The van der Waals surface area contributed by atoms with Gasteiger partial charge in [-0.1, -0.05) is 12.8 Å². The van der Waals surface area contributed by atoms with E-state index in [1.54, 1.807) is 12.5 Å². The van der Waals surface area contributed by atoms with Crippen molar-refractivity contribution in [2.24, 2.45) is 5.92 Å². The Hall–Kier alpha value is -1.32. The van der Waals surface area contributed by atoms with Crippen LogP contribution in [0.15, 0.2) is 12.5 Å². The number of hydrogen-bond acceptors (Lipinski definition) is 4. The van der Waals surface area contributed by atoms with Crippen molar-refractivity contribution in [3.05, 3.63) is 12.5 Å². The van der Waals surface area contributed by atoms with Crippen LogP contribution in [-0.4, -0.2) is 22.6 Å². The van der Waals surface area contributed by atoms with Crippen LogP contribution in [-0.2, 0) is 0 Å². The molecule has 2 unspecified atom stereocenters. The standard InChI is InChI=1S/C12H18N4/c13-10-7-14-8-15-12(10)16-6-5-9-3-1-2-4-11(9)16/h7-9,11H,1-6,13H2. The van der Waals surface area contributed by atoms with Crippen molar-refractivity contribution >= 4 is 11.5 Å². The number of nitrogens with two attached hydrogens (primary N) is 1. The van der Waals surface area contributed by atoms with E-state index in [1.807, 2.05) is 0 Å². The van der Waals surface area contributed by atoms with Crippen molar-refractivity contribution in [3.63, 3.8) is 0 Å². The van der Waals surface area contributed by atoms with Crippen molar-refractivity contribution < 1.29 is 0 Å². The molecule has 0 bridgehead atoms. The van der Waals surface area contributed by atoms with Gasteiger partial charge in [-0.3, -0.25) is 0 Å². The fourth-order valence-electron chi connectivity index (χ4n) is 3.24. The third-order valence-electron chi connectivity index (χ3n) is 4.00. The smallest absolute Gasteiger partial charge is 0.155 e. The number of nitrogen functional groups attached to an aromatic ring is 1. The number of nitrogens with zero attached hydrogens (tertiary/aromatic N) is 3. The lowest BCUT2D eigenvalue weighted by Crippen LogP contribution is -2.35. The van der Waals surface area contributed by atoms with Gasteiger partial charge in [0, 0.05) is 12.6 Å². The van der Waals surface area contributed by atoms with E-state index in [-0.39, 0.29) is 0 Å². The molecule has 1 aromatic rings. The van der Waals surface area contributed by atoms with E-state index in [4.69, 9.17) is 5.73 Å². The van der Waals surface area contributed by atoms with Gasteiger partial charge in [0.1, 0.15) is 6.33 Å². The molecular formula is C12H18N4. The molecule has 4 nitrogen and oxygen atoms in total. The van der Waals surface area contributed by atoms with E-state index in [9.17, 15) is 0 Å². The lowest BCUT2D eigenvalue weighted by atomic mass is 9.85. The number of fused-ring (bicyclic) bond motifs is 1. The minimum absolute atomic E-state index is 0.672. The molecule has 2 N–H and O–H groups in total. The molecule has 1 aliphatic carbocycles. The summed E-state index contributed by atoms with van der Waals surface area (Å²) in [4.78, 5) is 10.7. The van der Waals surface area contributed by atoms with Crippen LogP contribution in [0, 0.1) is 5.92 Å². The quantitative estimate of drug-likeness (QED) is 0.781. The SMILES string of the molecule is Nc1cncnc1N1CCC2CCCCC21. The third-order valence-corrected chi connectivity index (χ3v) is 4.00. The summed E-state index contributed by atoms with van der Waals surface area (Å²) in [7, 11) is 0. The predicted octanol–water partition coefficient (Wildman–Crippen LogP) is 1.83. The third kappa shape index (κ3) is 1.52. The maximum absolute atomic E-state index is 5.96. The molecule has 0 spiro atoms. The second-order valence-corrected chi connectivity index (χ2v) is 4.90. The summed E-state index contributed by atoms with van der Waals surface area (Å²) in [5.74, 6) is 1.81. The van der Waals surface area contributed by atoms with Gasteiger partial charge in [0.2, 0.25) is 0 Å². The summed E-state index contributed by atoms with van der Waals surface area (Å²) in [6, 6.07) is 0.672. The van der Waals surface area contributed by atoms with Crippen LogP contribution in [0.3, 0.4) is 0 Å². The number of rotatable bonds is 1. The minimum atomic E-state index is 0.672. The lowest BCUT2D eigenvalue weighted by Gasteiger charge is -2.32. The Balaban J connectivity index is 1.88. The van der Waals surface area contributed by atoms with Gasteiger partial charge in [-0.15, -0.1) is 0 Å². The first kappa shape index (κ1) is 9.87. The second-order valence-electron chi connectivity index (χ2n) is 4.90. The van der Waals surface area contributed by atoms with Gasteiger partial charge in [0.05, 0.1) is 11.9 Å². The first-order chi connectivity index (χ1) is 7.86. The van der Waals surface area contributed by atoms with Crippen LogP contribution < -0.4 is 10.6 Å². The van der Waals surface area contributed by atoms with Gasteiger partial charge < -0.3 is 10.6 Å². The molecule has 4 heteroatoms. The molecule has 1 aliphatic heterocycles. The van der Waals surface area contributed by atoms with E-state index in [0.29, 0.717) is 11.7 Å². The highest BCUT2D eigenvalue weighted by Crippen LogP contribution is 2.39. The van der Waals surface area contributed by atoms with Crippen molar-refractivity contribution in [1.29, 1.82) is 0 Å². The molecule has 2 fully saturated rings. The summed E-state index contributed by atoms with van der Waals surface area (Å²) in [6.07, 6.45) is 10.0. The Morgan fingerprint density at radius 1 is 1.25 bits per heavy atom. The molecule has 86 valence electrons. The summed E-state index contributed by atoms with van der Waals surface area (Å²) in [5, 5.41) is 0. The van der Waals surface area contributed by atoms with Crippen molar-refractivity contribution in [2.75, 3.05) is 17.2 Å². The van der Waals surface area contributed by atoms with Crippen molar-refractivity contribution in [3.8, 4) is 0 Å². The normalized spacial score (nSPS) is 29.1. The molecular weight excluding hydrogens is 200 g/mol. The Morgan fingerprint density at radius 2 is 2.12 bits per heavy atom. The number of aromatic nitrogens is 2. The van der Waals surface area contributed by atoms with Crippen LogP contribution in [0.2, 0.25) is 0 Å². The monoisotopic (exact) mass is 218 g/mol. The Kier molecular flexibility index (Phi) is 2.42. The second kappa shape index (κ2) is 3.92. The van der Waals surface area contributed by atoms with E-state index in [0.717, 1.165) is 18.3 Å². The Labute approximate surface area is 95.9 Å². The largest absolute Gasteiger partial charge is 0.394 e. The first-order valence-electron chi connectivity index (χ1n) is 6.18. The lowest BCUT2D eigenvalue weighted by molar-refractivity contribution is 0.341. The number of anilines is 2. The zero-order valence-electron chi connectivity index (χ0n) is 9.47. The van der Waals surface area contributed by atoms with Crippen LogP contribution in [0.4, 0.5) is 11.5 Å². The van der Waals surface area contributed by atoms with E-state index in [1.165, 1.54) is 32.1 Å². The summed E-state index contributed by atoms with van der Waals surface area (Å²) in [6.45, 7) is 1.11. The molecule has 0 amide bonds. The zero-order chi connectivity index (χ0) is 11.0. The van der Waals surface area contributed by atoms with Crippen LogP contribution in [0.25, 0.3) is 0 Å². The molecule has 1 saturated heterocycles. The van der Waals surface area contributed by atoms with Crippen LogP contribution in [0.5, 0.6) is 0 Å². The molecule has 2 heterocycles. The van der Waals surface area contributed by atoms with Gasteiger partial charge in [0.15, 0.2) is 5.82 Å². The molecule has 0 aromatic carbocycles. The molecule has 0 radical (unpaired) electrons. The van der Waals surface area contributed by atoms with Gasteiger partial charge in [-0.05, 0) is 25.2 Å².